The number of nitrogens with two attached hydrogens (primary N) is 1. The molecule has 0 atom stereocenters. The SMILES string of the molecule is N=C(N)CCN(Cc1cccc(F)c1Cl)c1ccccc1. The first kappa shape index (κ1) is 15.3. The predicted octanol–water partition coefficient (Wildman–Crippen LogP) is 3.81. The van der Waals surface area contributed by atoms with Gasteiger partial charge in [-0.3, -0.25) is 5.41 Å². The first-order chi connectivity index (χ1) is 10.1. The summed E-state index contributed by atoms with van der Waals surface area (Å²) in [7, 11) is 0. The van der Waals surface area contributed by atoms with Crippen LogP contribution in [0.2, 0.25) is 5.02 Å². The molecule has 0 radical (unpaired) electrons. The number of nitrogens with zero attached hydrogens (tertiary/aromatic N) is 1. The summed E-state index contributed by atoms with van der Waals surface area (Å²) in [4.78, 5) is 2.03. The molecule has 0 spiro atoms. The van der Waals surface area contributed by atoms with Crippen LogP contribution >= 0.6 is 11.6 Å². The van der Waals surface area contributed by atoms with E-state index in [2.05, 4.69) is 0 Å². The quantitative estimate of drug-likeness (QED) is 0.630. The molecule has 3 nitrogen and oxygen atoms in total. The molecule has 0 amide bonds. The monoisotopic (exact) mass is 305 g/mol. The summed E-state index contributed by atoms with van der Waals surface area (Å²) >= 11 is 6.02. The van der Waals surface area contributed by atoms with Crippen LogP contribution in [-0.2, 0) is 6.54 Å². The van der Waals surface area contributed by atoms with Crippen molar-refractivity contribution in [2.75, 3.05) is 11.4 Å². The van der Waals surface area contributed by atoms with Gasteiger partial charge in [0.05, 0.1) is 10.9 Å². The molecule has 0 aliphatic carbocycles. The number of amidine groups is 1. The third kappa shape index (κ3) is 4.20. The maximum Gasteiger partial charge on any atom is 0.142 e. The van der Waals surface area contributed by atoms with E-state index in [0.29, 0.717) is 25.1 Å². The average molecular weight is 306 g/mol. The fraction of sp³-hybridized carbons (Fsp3) is 0.188. The summed E-state index contributed by atoms with van der Waals surface area (Å²) in [5.74, 6) is -0.296. The standard InChI is InChI=1S/C16H17ClFN3/c17-16-12(5-4-8-14(16)18)11-21(10-9-15(19)20)13-6-2-1-3-7-13/h1-8H,9-11H2,(H3,19,20). The first-order valence-corrected chi connectivity index (χ1v) is 7.01. The van der Waals surface area contributed by atoms with Crippen molar-refractivity contribution in [3.63, 3.8) is 0 Å². The minimum Gasteiger partial charge on any atom is -0.388 e. The van der Waals surface area contributed by atoms with Crippen molar-refractivity contribution in [2.45, 2.75) is 13.0 Å². The minimum absolute atomic E-state index is 0.126. The minimum atomic E-state index is -0.422. The largest absolute Gasteiger partial charge is 0.388 e. The summed E-state index contributed by atoms with van der Waals surface area (Å²) in [6, 6.07) is 14.5. The van der Waals surface area contributed by atoms with Crippen molar-refractivity contribution in [3.8, 4) is 0 Å². The second-order valence-corrected chi connectivity index (χ2v) is 5.12. The zero-order valence-electron chi connectivity index (χ0n) is 11.5. The van der Waals surface area contributed by atoms with Crippen LogP contribution in [0.4, 0.5) is 10.1 Å². The van der Waals surface area contributed by atoms with Gasteiger partial charge in [-0.25, -0.2) is 4.39 Å². The maximum absolute atomic E-state index is 13.5. The predicted molar refractivity (Wildman–Crippen MR) is 85.4 cm³/mol. The van der Waals surface area contributed by atoms with Gasteiger partial charge in [-0.2, -0.15) is 0 Å². The van der Waals surface area contributed by atoms with Crippen LogP contribution in [0.1, 0.15) is 12.0 Å². The van der Waals surface area contributed by atoms with Crippen LogP contribution in [0.15, 0.2) is 48.5 Å². The number of hydrogen-bond acceptors (Lipinski definition) is 2. The third-order valence-corrected chi connectivity index (χ3v) is 3.59. The van der Waals surface area contributed by atoms with Crippen molar-refractivity contribution < 1.29 is 4.39 Å². The fourth-order valence-electron chi connectivity index (χ4n) is 2.07. The number of para-hydroxylation sites is 1. The Morgan fingerprint density at radius 1 is 1.14 bits per heavy atom. The molecule has 0 fully saturated rings. The van der Waals surface area contributed by atoms with Gasteiger partial charge >= 0.3 is 0 Å². The van der Waals surface area contributed by atoms with Gasteiger partial charge in [-0.05, 0) is 23.8 Å². The second-order valence-electron chi connectivity index (χ2n) is 4.75. The zero-order chi connectivity index (χ0) is 15.2. The molecule has 0 aliphatic rings. The Bertz CT molecular complexity index is 616. The van der Waals surface area contributed by atoms with E-state index in [9.17, 15) is 4.39 Å². The molecular formula is C16H17ClFN3. The Kier molecular flexibility index (Phi) is 5.17. The van der Waals surface area contributed by atoms with Crippen molar-refractivity contribution in [1.29, 1.82) is 5.41 Å². The van der Waals surface area contributed by atoms with Crippen LogP contribution < -0.4 is 10.6 Å². The molecule has 0 aromatic heterocycles. The summed E-state index contributed by atoms with van der Waals surface area (Å²) in [6.45, 7) is 1.04. The number of halogens is 2. The van der Waals surface area contributed by atoms with E-state index >= 15 is 0 Å². The molecular weight excluding hydrogens is 289 g/mol. The van der Waals surface area contributed by atoms with Crippen molar-refractivity contribution in [2.24, 2.45) is 5.73 Å². The van der Waals surface area contributed by atoms with Gasteiger partial charge in [0, 0.05) is 25.2 Å². The Hall–Kier alpha value is -2.07. The molecule has 0 unspecified atom stereocenters. The smallest absolute Gasteiger partial charge is 0.142 e. The lowest BCUT2D eigenvalue weighted by atomic mass is 10.1. The topological polar surface area (TPSA) is 53.1 Å². The van der Waals surface area contributed by atoms with Gasteiger partial charge in [-0.1, -0.05) is 41.9 Å². The third-order valence-electron chi connectivity index (χ3n) is 3.17. The lowest BCUT2D eigenvalue weighted by molar-refractivity contribution is 0.625. The molecule has 0 bridgehead atoms. The highest BCUT2D eigenvalue weighted by Gasteiger charge is 2.12. The van der Waals surface area contributed by atoms with E-state index in [1.807, 2.05) is 35.2 Å². The van der Waals surface area contributed by atoms with Gasteiger partial charge in [0.1, 0.15) is 5.82 Å². The number of benzene rings is 2. The molecule has 2 rings (SSSR count). The molecule has 3 N–H and O–H groups in total. The Morgan fingerprint density at radius 3 is 2.52 bits per heavy atom. The molecule has 0 saturated carbocycles. The van der Waals surface area contributed by atoms with Crippen molar-refractivity contribution >= 4 is 23.1 Å². The lowest BCUT2D eigenvalue weighted by Gasteiger charge is -2.25. The Balaban J connectivity index is 2.23. The summed E-state index contributed by atoms with van der Waals surface area (Å²) in [5, 5.41) is 7.51. The highest BCUT2D eigenvalue weighted by Crippen LogP contribution is 2.24. The maximum atomic E-state index is 13.5. The van der Waals surface area contributed by atoms with E-state index in [4.69, 9.17) is 22.7 Å². The van der Waals surface area contributed by atoms with Crippen molar-refractivity contribution in [1.82, 2.24) is 0 Å². The van der Waals surface area contributed by atoms with Gasteiger partial charge in [0.2, 0.25) is 0 Å². The van der Waals surface area contributed by atoms with Gasteiger partial charge in [0.25, 0.3) is 0 Å². The number of anilines is 1. The summed E-state index contributed by atoms with van der Waals surface area (Å²) in [5.41, 5.74) is 7.13. The average Bonchev–Trinajstić information content (AvgIpc) is 2.48. The lowest BCUT2D eigenvalue weighted by Crippen LogP contribution is -2.27. The number of nitrogens with one attached hydrogen (secondary N) is 1. The van der Waals surface area contributed by atoms with Crippen LogP contribution in [0, 0.1) is 11.2 Å². The van der Waals surface area contributed by atoms with Crippen LogP contribution in [0.25, 0.3) is 0 Å². The van der Waals surface area contributed by atoms with Gasteiger partial charge < -0.3 is 10.6 Å². The molecule has 0 heterocycles. The summed E-state index contributed by atoms with van der Waals surface area (Å²) < 4.78 is 13.5. The number of hydrogen-bond donors (Lipinski definition) is 2. The van der Waals surface area contributed by atoms with E-state index in [0.717, 1.165) is 5.69 Å². The Morgan fingerprint density at radius 2 is 1.86 bits per heavy atom. The molecule has 5 heteroatoms. The highest BCUT2D eigenvalue weighted by molar-refractivity contribution is 6.31. The number of rotatable bonds is 6. The summed E-state index contributed by atoms with van der Waals surface area (Å²) in [6.07, 6.45) is 0.446. The fourth-order valence-corrected chi connectivity index (χ4v) is 2.26. The van der Waals surface area contributed by atoms with E-state index in [1.54, 1.807) is 12.1 Å². The van der Waals surface area contributed by atoms with Crippen LogP contribution in [0.5, 0.6) is 0 Å². The Labute approximate surface area is 128 Å². The first-order valence-electron chi connectivity index (χ1n) is 6.63. The molecule has 110 valence electrons. The molecule has 21 heavy (non-hydrogen) atoms. The van der Waals surface area contributed by atoms with Gasteiger partial charge in [-0.15, -0.1) is 0 Å². The molecule has 2 aromatic carbocycles. The second kappa shape index (κ2) is 7.09. The molecule has 2 aromatic rings. The van der Waals surface area contributed by atoms with Crippen LogP contribution in [0.3, 0.4) is 0 Å². The molecule has 0 aliphatic heterocycles. The van der Waals surface area contributed by atoms with E-state index in [-0.39, 0.29) is 10.9 Å². The van der Waals surface area contributed by atoms with E-state index in [1.165, 1.54) is 6.07 Å². The van der Waals surface area contributed by atoms with E-state index < -0.39 is 5.82 Å². The van der Waals surface area contributed by atoms with Gasteiger partial charge in [0.15, 0.2) is 0 Å². The highest BCUT2D eigenvalue weighted by atomic mass is 35.5. The zero-order valence-corrected chi connectivity index (χ0v) is 12.3. The van der Waals surface area contributed by atoms with Crippen LogP contribution in [-0.4, -0.2) is 12.4 Å². The van der Waals surface area contributed by atoms with Crippen molar-refractivity contribution in [3.05, 3.63) is 64.9 Å². The molecule has 0 saturated heterocycles. The normalized spacial score (nSPS) is 10.4.